The Hall–Kier alpha value is -1.46. The highest BCUT2D eigenvalue weighted by Gasteiger charge is 2.46. The Morgan fingerprint density at radius 2 is 1.32 bits per heavy atom. The van der Waals surface area contributed by atoms with Crippen molar-refractivity contribution in [3.63, 3.8) is 0 Å². The van der Waals surface area contributed by atoms with Gasteiger partial charge in [0.05, 0.1) is 5.60 Å². The average Bonchev–Trinajstić information content (AvgIpc) is 2.67. The monoisotopic (exact) mass is 400 g/mol. The Bertz CT molecular complexity index is 628. The van der Waals surface area contributed by atoms with Crippen LogP contribution in [-0.2, 0) is 8.85 Å². The molecule has 1 unspecified atom stereocenters. The second kappa shape index (κ2) is 10.9. The van der Waals surface area contributed by atoms with Gasteiger partial charge in [0.2, 0.25) is 0 Å². The minimum atomic E-state index is -2.86. The van der Waals surface area contributed by atoms with Crippen molar-refractivity contribution in [2.45, 2.75) is 71.5 Å². The van der Waals surface area contributed by atoms with E-state index in [-0.39, 0.29) is 18.3 Å². The number of aliphatic hydroxyl groups excluding tert-OH is 1. The van der Waals surface area contributed by atoms with E-state index in [2.05, 4.69) is 76.2 Å². The molecule has 0 amide bonds. The molecule has 0 saturated carbocycles. The first kappa shape index (κ1) is 22.8. The predicted octanol–water partition coefficient (Wildman–Crippen LogP) is 4.41. The van der Waals surface area contributed by atoms with Gasteiger partial charge in [0.15, 0.2) is 0 Å². The molecular weight excluding hydrogens is 364 g/mol. The Balaban J connectivity index is 2.31. The molecule has 154 valence electrons. The molecule has 1 atom stereocenters. The maximum absolute atomic E-state index is 8.95. The summed E-state index contributed by atoms with van der Waals surface area (Å²) in [7, 11) is -2.86. The third kappa shape index (κ3) is 6.85. The zero-order chi connectivity index (χ0) is 20.5. The van der Waals surface area contributed by atoms with E-state index in [9.17, 15) is 0 Å². The molecule has 3 nitrogen and oxygen atoms in total. The van der Waals surface area contributed by atoms with Gasteiger partial charge < -0.3 is 14.0 Å². The predicted molar refractivity (Wildman–Crippen MR) is 119 cm³/mol. The van der Waals surface area contributed by atoms with Gasteiger partial charge in [0.25, 0.3) is 0 Å². The van der Waals surface area contributed by atoms with Crippen LogP contribution in [0.3, 0.4) is 0 Å². The fourth-order valence-electron chi connectivity index (χ4n) is 3.43. The van der Waals surface area contributed by atoms with Crippen molar-refractivity contribution < 1.29 is 14.0 Å². The number of hydrogen-bond acceptors (Lipinski definition) is 3. The van der Waals surface area contributed by atoms with Crippen molar-refractivity contribution in [3.8, 4) is 0 Å². The van der Waals surface area contributed by atoms with Crippen LogP contribution < -0.4 is 10.4 Å². The van der Waals surface area contributed by atoms with Crippen LogP contribution in [0, 0.1) is 0 Å². The van der Waals surface area contributed by atoms with Gasteiger partial charge in [-0.1, -0.05) is 79.9 Å². The summed E-state index contributed by atoms with van der Waals surface area (Å²) < 4.78 is 13.7. The first-order valence-corrected chi connectivity index (χ1v) is 12.3. The molecule has 4 heteroatoms. The topological polar surface area (TPSA) is 38.7 Å². The molecule has 0 aliphatic rings. The maximum Gasteiger partial charge on any atom is 0.407 e. The van der Waals surface area contributed by atoms with Gasteiger partial charge in [-0.15, -0.1) is 0 Å². The Morgan fingerprint density at radius 1 is 0.821 bits per heavy atom. The molecule has 0 aliphatic heterocycles. The van der Waals surface area contributed by atoms with Crippen LogP contribution in [0.25, 0.3) is 0 Å². The quantitative estimate of drug-likeness (QED) is 0.449. The summed E-state index contributed by atoms with van der Waals surface area (Å²) in [6.45, 7) is 8.74. The van der Waals surface area contributed by atoms with Crippen LogP contribution in [0.15, 0.2) is 60.7 Å². The lowest BCUT2D eigenvalue weighted by Gasteiger charge is -2.39. The molecule has 0 radical (unpaired) electrons. The molecule has 0 spiro atoms. The van der Waals surface area contributed by atoms with Crippen molar-refractivity contribution in [2.75, 3.05) is 6.61 Å². The molecule has 28 heavy (non-hydrogen) atoms. The highest BCUT2D eigenvalue weighted by molar-refractivity contribution is 6.92. The first-order valence-electron chi connectivity index (χ1n) is 10.5. The Kier molecular flexibility index (Phi) is 8.89. The van der Waals surface area contributed by atoms with E-state index in [0.29, 0.717) is 0 Å². The fourth-order valence-corrected chi connectivity index (χ4v) is 7.13. The number of benzene rings is 2. The van der Waals surface area contributed by atoms with Crippen LogP contribution in [0.1, 0.15) is 59.8 Å². The minimum absolute atomic E-state index is 0.101. The second-order valence-corrected chi connectivity index (χ2v) is 11.2. The summed E-state index contributed by atoms with van der Waals surface area (Å²) in [5.74, 6) is 0. The van der Waals surface area contributed by atoms with Crippen molar-refractivity contribution >= 4 is 18.9 Å². The van der Waals surface area contributed by atoms with Crippen molar-refractivity contribution in [3.05, 3.63) is 60.7 Å². The third-order valence-corrected chi connectivity index (χ3v) is 8.46. The summed E-state index contributed by atoms with van der Waals surface area (Å²) in [4.78, 5) is 0. The summed E-state index contributed by atoms with van der Waals surface area (Å²) in [5.41, 5.74) is -0.321. The smallest absolute Gasteiger partial charge is 0.396 e. The Morgan fingerprint density at radius 3 is 1.79 bits per heavy atom. The third-order valence-electron chi connectivity index (χ3n) is 4.64. The maximum atomic E-state index is 8.95. The zero-order valence-corrected chi connectivity index (χ0v) is 18.9. The summed E-state index contributed by atoms with van der Waals surface area (Å²) in [6.07, 6.45) is 5.28. The number of rotatable bonds is 11. The van der Waals surface area contributed by atoms with E-state index < -0.39 is 8.56 Å². The van der Waals surface area contributed by atoms with Crippen molar-refractivity contribution in [1.82, 2.24) is 0 Å². The molecule has 0 aromatic heterocycles. The van der Waals surface area contributed by atoms with Gasteiger partial charge in [-0.3, -0.25) is 0 Å². The summed E-state index contributed by atoms with van der Waals surface area (Å²) >= 11 is 0. The molecule has 0 bridgehead atoms. The van der Waals surface area contributed by atoms with Gasteiger partial charge in [-0.25, -0.2) is 0 Å². The molecule has 1 N–H and O–H groups in total. The second-order valence-electron chi connectivity index (χ2n) is 8.42. The van der Waals surface area contributed by atoms with E-state index in [1.807, 2.05) is 12.1 Å². The van der Waals surface area contributed by atoms with Crippen LogP contribution in [-0.4, -0.2) is 32.0 Å². The fraction of sp³-hybridized carbons (Fsp3) is 0.500. The molecule has 0 heterocycles. The lowest BCUT2D eigenvalue weighted by molar-refractivity contribution is 0.0575. The van der Waals surface area contributed by atoms with Crippen molar-refractivity contribution in [2.24, 2.45) is 0 Å². The van der Waals surface area contributed by atoms with Gasteiger partial charge in [-0.05, 0) is 50.9 Å². The largest absolute Gasteiger partial charge is 0.407 e. The molecule has 0 aliphatic carbocycles. The normalized spacial score (nSPS) is 13.5. The van der Waals surface area contributed by atoms with Crippen LogP contribution >= 0.6 is 0 Å². The zero-order valence-electron chi connectivity index (χ0n) is 17.9. The SMILES string of the molecule is CC(CCCCCCO)O[Si](OC(C)(C)C)(c1ccccc1)c1ccccc1. The molecule has 2 rings (SSSR count). The average molecular weight is 401 g/mol. The summed E-state index contributed by atoms with van der Waals surface area (Å²) in [5, 5.41) is 11.2. The van der Waals surface area contributed by atoms with Gasteiger partial charge in [0, 0.05) is 12.7 Å². The lowest BCUT2D eigenvalue weighted by atomic mass is 10.1. The summed E-state index contributed by atoms with van der Waals surface area (Å²) in [6, 6.07) is 20.9. The number of unbranched alkanes of at least 4 members (excludes halogenated alkanes) is 3. The molecular formula is C24H36O3Si. The number of aliphatic hydroxyl groups is 1. The van der Waals surface area contributed by atoms with Gasteiger partial charge >= 0.3 is 8.56 Å². The Labute approximate surface area is 172 Å². The molecule has 0 saturated heterocycles. The standard InChI is InChI=1S/C24H36O3Si/c1-21(15-9-5-6-14-20-25)26-28(27-24(2,3)4,22-16-10-7-11-17-22)23-18-12-8-13-19-23/h7-8,10-13,16-19,21,25H,5-6,9,14-15,20H2,1-4H3. The van der Waals surface area contributed by atoms with E-state index in [1.54, 1.807) is 0 Å². The highest BCUT2D eigenvalue weighted by atomic mass is 28.4. The first-order chi connectivity index (χ1) is 13.4. The number of hydrogen-bond donors (Lipinski definition) is 1. The lowest BCUT2D eigenvalue weighted by Crippen LogP contribution is -2.66. The molecule has 0 fully saturated rings. The van der Waals surface area contributed by atoms with E-state index in [0.717, 1.165) is 42.5 Å². The van der Waals surface area contributed by atoms with Crippen LogP contribution in [0.4, 0.5) is 0 Å². The van der Waals surface area contributed by atoms with Crippen LogP contribution in [0.2, 0.25) is 0 Å². The van der Waals surface area contributed by atoms with Gasteiger partial charge in [-0.2, -0.15) is 0 Å². The minimum Gasteiger partial charge on any atom is -0.396 e. The van der Waals surface area contributed by atoms with Crippen molar-refractivity contribution in [1.29, 1.82) is 0 Å². The van der Waals surface area contributed by atoms with E-state index in [1.165, 1.54) is 0 Å². The van der Waals surface area contributed by atoms with Gasteiger partial charge in [0.1, 0.15) is 0 Å². The molecule has 2 aromatic rings. The van der Waals surface area contributed by atoms with E-state index >= 15 is 0 Å². The van der Waals surface area contributed by atoms with Crippen LogP contribution in [0.5, 0.6) is 0 Å². The highest BCUT2D eigenvalue weighted by Crippen LogP contribution is 2.22. The molecule has 2 aromatic carbocycles. The van der Waals surface area contributed by atoms with E-state index in [4.69, 9.17) is 14.0 Å².